The molecule has 3 heteroatoms. The van der Waals surface area contributed by atoms with Crippen molar-refractivity contribution in [2.24, 2.45) is 0 Å². The Labute approximate surface area is 85.9 Å². The zero-order valence-electron chi connectivity index (χ0n) is 8.80. The number of hydrogen-bond acceptors (Lipinski definition) is 1. The molecule has 1 nitrogen and oxygen atoms in total. The van der Waals surface area contributed by atoms with E-state index in [9.17, 15) is 0 Å². The molecule has 1 aliphatic rings. The van der Waals surface area contributed by atoms with E-state index >= 15 is 0 Å². The molecule has 0 bridgehead atoms. The molecule has 2 atom stereocenters. The largest absolute Gasteiger partial charge is 0.428 e. The third-order valence-electron chi connectivity index (χ3n) is 2.99. The fourth-order valence-electron chi connectivity index (χ4n) is 2.09. The number of allylic oxidation sites excluding steroid dienone is 1. The Morgan fingerprint density at radius 2 is 2.54 bits per heavy atom. The third kappa shape index (κ3) is 3.79. The molecule has 1 fully saturated rings. The highest BCUT2D eigenvalue weighted by molar-refractivity contribution is 7.11. The normalized spacial score (nSPS) is 27.3. The molecular weight excluding hydrogens is 192 g/mol. The van der Waals surface area contributed by atoms with E-state index in [1.54, 1.807) is 0 Å². The first-order valence-electron chi connectivity index (χ1n) is 5.58. The lowest BCUT2D eigenvalue weighted by molar-refractivity contribution is 0.334. The Balaban J connectivity index is 2.30. The number of unbranched alkanes of at least 4 members (excludes halogenated alkanes) is 1. The van der Waals surface area contributed by atoms with Gasteiger partial charge in [-0.3, -0.25) is 0 Å². The van der Waals surface area contributed by atoms with Crippen LogP contribution in [0.4, 0.5) is 0 Å². The van der Waals surface area contributed by atoms with Gasteiger partial charge in [0.2, 0.25) is 0 Å². The summed E-state index contributed by atoms with van der Waals surface area (Å²) in [7, 11) is -0.570. The van der Waals surface area contributed by atoms with Crippen molar-refractivity contribution in [3.63, 3.8) is 0 Å². The quantitative estimate of drug-likeness (QED) is 0.502. The van der Waals surface area contributed by atoms with E-state index < -0.39 is 8.31 Å². The van der Waals surface area contributed by atoms with Crippen molar-refractivity contribution >= 4 is 17.6 Å². The van der Waals surface area contributed by atoms with E-state index in [0.29, 0.717) is 0 Å². The molecule has 1 saturated heterocycles. The lowest BCUT2D eigenvalue weighted by Gasteiger charge is -2.26. The van der Waals surface area contributed by atoms with Gasteiger partial charge in [-0.1, -0.05) is 31.9 Å². The molecule has 0 N–H and O–H groups in total. The highest BCUT2D eigenvalue weighted by Gasteiger charge is 2.23. The Hall–Kier alpha value is 0.134. The zero-order valence-corrected chi connectivity index (χ0v) is 11.4. The molecule has 0 amide bonds. The van der Waals surface area contributed by atoms with E-state index in [0.717, 1.165) is 12.1 Å². The summed E-state index contributed by atoms with van der Waals surface area (Å²) in [5, 5.41) is 0. The van der Waals surface area contributed by atoms with Gasteiger partial charge < -0.3 is 4.43 Å². The Morgan fingerprint density at radius 3 is 3.08 bits per heavy atom. The molecule has 1 rings (SSSR count). The van der Waals surface area contributed by atoms with Gasteiger partial charge >= 0.3 is 0 Å². The minimum Gasteiger partial charge on any atom is -0.428 e. The monoisotopic (exact) mass is 214 g/mol. The summed E-state index contributed by atoms with van der Waals surface area (Å²) in [6.07, 6.45) is 7.67. The minimum absolute atomic E-state index is 0.0963. The Morgan fingerprint density at radius 1 is 1.69 bits per heavy atom. The fraction of sp³-hybridized carbons (Fsp3) is 0.800. The van der Waals surface area contributed by atoms with Gasteiger partial charge in [0.25, 0.3) is 0 Å². The highest BCUT2D eigenvalue weighted by Crippen LogP contribution is 2.24. The lowest BCUT2D eigenvalue weighted by Crippen LogP contribution is -2.34. The van der Waals surface area contributed by atoms with Crippen LogP contribution in [-0.2, 0) is 4.43 Å². The first-order valence-corrected chi connectivity index (χ1v) is 10.9. The lowest BCUT2D eigenvalue weighted by atomic mass is 10.2. The van der Waals surface area contributed by atoms with Crippen LogP contribution in [0.1, 0.15) is 32.6 Å². The molecule has 0 aliphatic carbocycles. The van der Waals surface area contributed by atoms with Crippen LogP contribution in [0.2, 0.25) is 11.6 Å². The Bertz CT molecular complexity index is 144. The maximum Gasteiger partial charge on any atom is 0.147 e. The summed E-state index contributed by atoms with van der Waals surface area (Å²) in [5.41, 5.74) is 0.895. The maximum atomic E-state index is 5.70. The average Bonchev–Trinajstić information content (AvgIpc) is 2.21. The molecule has 1 heterocycles. The number of rotatable bonds is 5. The van der Waals surface area contributed by atoms with Gasteiger partial charge in [-0.15, -0.1) is 6.58 Å². The maximum absolute atomic E-state index is 5.70. The van der Waals surface area contributed by atoms with Crippen molar-refractivity contribution in [3.8, 4) is 0 Å². The van der Waals surface area contributed by atoms with Crippen LogP contribution >= 0.6 is 0 Å². The van der Waals surface area contributed by atoms with Gasteiger partial charge in [0.1, 0.15) is 9.28 Å². The molecule has 13 heavy (non-hydrogen) atoms. The van der Waals surface area contributed by atoms with Crippen LogP contribution in [0.5, 0.6) is 0 Å². The first-order chi connectivity index (χ1) is 6.38. The molecule has 0 spiro atoms. The predicted molar refractivity (Wildman–Crippen MR) is 64.5 cm³/mol. The highest BCUT2D eigenvalue weighted by atomic mass is 29.2. The van der Waals surface area contributed by atoms with E-state index in [4.69, 9.17) is 4.43 Å². The van der Waals surface area contributed by atoms with Crippen molar-refractivity contribution in [2.75, 3.05) is 6.61 Å². The molecular formula is C10H22OSi2. The average molecular weight is 214 g/mol. The summed E-state index contributed by atoms with van der Waals surface area (Å²) in [6.45, 7) is 7.33. The summed E-state index contributed by atoms with van der Waals surface area (Å²) in [5.74, 6) is 0. The van der Waals surface area contributed by atoms with Gasteiger partial charge in [-0.2, -0.15) is 0 Å². The first kappa shape index (κ1) is 11.2. The minimum atomic E-state index is -0.474. The Kier molecular flexibility index (Phi) is 5.66. The van der Waals surface area contributed by atoms with Crippen molar-refractivity contribution in [2.45, 2.75) is 44.2 Å². The van der Waals surface area contributed by atoms with Crippen LogP contribution < -0.4 is 0 Å². The molecule has 2 unspecified atom stereocenters. The van der Waals surface area contributed by atoms with Crippen LogP contribution in [0.3, 0.4) is 0 Å². The van der Waals surface area contributed by atoms with E-state index in [2.05, 4.69) is 19.6 Å². The summed E-state index contributed by atoms with van der Waals surface area (Å²) < 4.78 is 5.70. The van der Waals surface area contributed by atoms with Crippen LogP contribution in [0.25, 0.3) is 0 Å². The summed E-state index contributed by atoms with van der Waals surface area (Å²) in [6, 6.07) is 1.53. The zero-order chi connectivity index (χ0) is 9.52. The fourth-order valence-corrected chi connectivity index (χ4v) is 10.2. The van der Waals surface area contributed by atoms with Crippen molar-refractivity contribution in [3.05, 3.63) is 12.7 Å². The number of hydrogen-bond donors (Lipinski definition) is 0. The van der Waals surface area contributed by atoms with Crippen LogP contribution in [0, 0.1) is 0 Å². The molecule has 0 radical (unpaired) electrons. The molecule has 0 aromatic heterocycles. The smallest absolute Gasteiger partial charge is 0.147 e. The summed E-state index contributed by atoms with van der Waals surface area (Å²) in [4.78, 5) is 0. The van der Waals surface area contributed by atoms with Crippen molar-refractivity contribution in [1.82, 2.24) is 0 Å². The molecule has 0 aromatic carbocycles. The topological polar surface area (TPSA) is 9.23 Å². The van der Waals surface area contributed by atoms with Crippen LogP contribution in [-0.4, -0.2) is 24.2 Å². The second kappa shape index (κ2) is 6.57. The van der Waals surface area contributed by atoms with Gasteiger partial charge in [-0.25, -0.2) is 0 Å². The van der Waals surface area contributed by atoms with Gasteiger partial charge in [-0.05, 0) is 18.4 Å². The third-order valence-corrected chi connectivity index (χ3v) is 11.9. The SMILES string of the molecule is C=CC(CCCC)[SiH]1CCCO[SiH2]1. The van der Waals surface area contributed by atoms with E-state index in [1.807, 2.05) is 0 Å². The molecule has 0 aromatic rings. The van der Waals surface area contributed by atoms with E-state index in [-0.39, 0.29) is 9.28 Å². The van der Waals surface area contributed by atoms with E-state index in [1.165, 1.54) is 31.7 Å². The van der Waals surface area contributed by atoms with Crippen molar-refractivity contribution < 1.29 is 4.43 Å². The second-order valence-electron chi connectivity index (χ2n) is 4.02. The van der Waals surface area contributed by atoms with Gasteiger partial charge in [0.05, 0.1) is 8.31 Å². The molecule has 76 valence electrons. The van der Waals surface area contributed by atoms with Crippen LogP contribution in [0.15, 0.2) is 12.7 Å². The van der Waals surface area contributed by atoms with Crippen molar-refractivity contribution in [1.29, 1.82) is 0 Å². The second-order valence-corrected chi connectivity index (χ2v) is 11.9. The molecule has 0 saturated carbocycles. The predicted octanol–water partition coefficient (Wildman–Crippen LogP) is 1.96. The van der Waals surface area contributed by atoms with Gasteiger partial charge in [0, 0.05) is 6.61 Å². The summed E-state index contributed by atoms with van der Waals surface area (Å²) >= 11 is 0. The molecule has 1 aliphatic heterocycles. The standard InChI is InChI=1S/C10H22OSi2/c1-3-5-7-10(4-2)13-9-6-8-11-12-13/h4,10,13H,2-3,5-9,12H2,1H3. The van der Waals surface area contributed by atoms with Gasteiger partial charge in [0.15, 0.2) is 0 Å².